The van der Waals surface area contributed by atoms with Gasteiger partial charge in [0.05, 0.1) is 24.6 Å². The lowest BCUT2D eigenvalue weighted by molar-refractivity contribution is 0.0694. The van der Waals surface area contributed by atoms with E-state index in [2.05, 4.69) is 4.98 Å². The van der Waals surface area contributed by atoms with Crippen molar-refractivity contribution in [1.29, 1.82) is 0 Å². The van der Waals surface area contributed by atoms with Crippen molar-refractivity contribution in [1.82, 2.24) is 4.98 Å². The number of allylic oxidation sites excluding steroid dienone is 2. The molecule has 0 aromatic carbocycles. The molecule has 2 heterocycles. The van der Waals surface area contributed by atoms with E-state index < -0.39 is 11.4 Å². The Morgan fingerprint density at radius 1 is 1.38 bits per heavy atom. The number of furan rings is 1. The van der Waals surface area contributed by atoms with E-state index in [1.807, 2.05) is 19.9 Å². The maximum absolute atomic E-state index is 12.6. The molecular formula is C18H19NO5. The second-order valence-electron chi connectivity index (χ2n) is 5.39. The number of carboxylic acids is 1. The zero-order chi connectivity index (χ0) is 17.7. The van der Waals surface area contributed by atoms with Crippen LogP contribution >= 0.6 is 0 Å². The van der Waals surface area contributed by atoms with Crippen molar-refractivity contribution < 1.29 is 19.1 Å². The Kier molecular flexibility index (Phi) is 5.42. The molecule has 6 heteroatoms. The first kappa shape index (κ1) is 17.3. The van der Waals surface area contributed by atoms with Crippen molar-refractivity contribution >= 4 is 18.1 Å². The van der Waals surface area contributed by atoms with Gasteiger partial charge in [0.2, 0.25) is 5.43 Å². The van der Waals surface area contributed by atoms with E-state index in [4.69, 9.17) is 9.15 Å². The first-order valence-corrected chi connectivity index (χ1v) is 7.35. The number of pyridine rings is 1. The molecule has 24 heavy (non-hydrogen) atoms. The van der Waals surface area contributed by atoms with E-state index in [1.165, 1.54) is 19.4 Å². The summed E-state index contributed by atoms with van der Waals surface area (Å²) in [5.74, 6) is -0.502. The van der Waals surface area contributed by atoms with Gasteiger partial charge in [-0.05, 0) is 44.6 Å². The Bertz CT molecular complexity index is 837. The summed E-state index contributed by atoms with van der Waals surface area (Å²) >= 11 is 0. The van der Waals surface area contributed by atoms with Crippen LogP contribution in [-0.2, 0) is 6.42 Å². The molecule has 0 aliphatic carbocycles. The number of aromatic nitrogens is 1. The van der Waals surface area contributed by atoms with Crippen LogP contribution in [0.2, 0.25) is 0 Å². The van der Waals surface area contributed by atoms with Crippen LogP contribution in [-0.4, -0.2) is 23.2 Å². The largest absolute Gasteiger partial charge is 0.482 e. The summed E-state index contributed by atoms with van der Waals surface area (Å²) in [7, 11) is 1.43. The fraction of sp³-hybridized carbons (Fsp3) is 0.222. The molecule has 2 N–H and O–H groups in total. The Labute approximate surface area is 139 Å². The van der Waals surface area contributed by atoms with Gasteiger partial charge in [-0.2, -0.15) is 0 Å². The Morgan fingerprint density at radius 3 is 2.67 bits per heavy atom. The van der Waals surface area contributed by atoms with E-state index in [0.717, 1.165) is 5.57 Å². The highest BCUT2D eigenvalue weighted by atomic mass is 16.5. The highest BCUT2D eigenvalue weighted by molar-refractivity contribution is 5.92. The van der Waals surface area contributed by atoms with Crippen LogP contribution in [0.25, 0.3) is 12.2 Å². The van der Waals surface area contributed by atoms with E-state index in [0.29, 0.717) is 12.2 Å². The van der Waals surface area contributed by atoms with Gasteiger partial charge >= 0.3 is 5.97 Å². The average Bonchev–Trinajstić information content (AvgIpc) is 3.03. The van der Waals surface area contributed by atoms with Crippen molar-refractivity contribution in [3.8, 4) is 5.88 Å². The van der Waals surface area contributed by atoms with Gasteiger partial charge in [-0.1, -0.05) is 11.6 Å². The summed E-state index contributed by atoms with van der Waals surface area (Å²) < 4.78 is 10.4. The lowest BCUT2D eigenvalue weighted by Gasteiger charge is -2.10. The van der Waals surface area contributed by atoms with Gasteiger partial charge in [-0.15, -0.1) is 0 Å². The third kappa shape index (κ3) is 3.84. The maximum Gasteiger partial charge on any atom is 0.341 e. The highest BCUT2D eigenvalue weighted by Crippen LogP contribution is 2.19. The van der Waals surface area contributed by atoms with Crippen molar-refractivity contribution in [2.45, 2.75) is 20.3 Å². The molecule has 2 aromatic rings. The van der Waals surface area contributed by atoms with E-state index >= 15 is 0 Å². The monoisotopic (exact) mass is 329 g/mol. The Balaban J connectivity index is 2.59. The number of aromatic carboxylic acids is 1. The summed E-state index contributed by atoms with van der Waals surface area (Å²) in [6.45, 7) is 3.80. The number of aromatic amines is 1. The van der Waals surface area contributed by atoms with Crippen LogP contribution in [0.3, 0.4) is 0 Å². The maximum atomic E-state index is 12.6. The van der Waals surface area contributed by atoms with Gasteiger partial charge < -0.3 is 19.2 Å². The van der Waals surface area contributed by atoms with E-state index in [-0.39, 0.29) is 22.7 Å². The molecule has 0 radical (unpaired) electrons. The Morgan fingerprint density at radius 2 is 2.12 bits per heavy atom. The topological polar surface area (TPSA) is 92.5 Å². The Hall–Kier alpha value is -3.02. The van der Waals surface area contributed by atoms with Crippen molar-refractivity contribution in [3.63, 3.8) is 0 Å². The number of nitrogens with one attached hydrogen (secondary N) is 1. The number of H-pyrrole nitrogens is 1. The normalized spacial score (nSPS) is 10.8. The molecule has 6 nitrogen and oxygen atoms in total. The predicted molar refractivity (Wildman–Crippen MR) is 91.3 cm³/mol. The summed E-state index contributed by atoms with van der Waals surface area (Å²) in [6, 6.07) is 3.43. The van der Waals surface area contributed by atoms with Crippen LogP contribution in [0.4, 0.5) is 0 Å². The van der Waals surface area contributed by atoms with Crippen LogP contribution < -0.4 is 10.2 Å². The predicted octanol–water partition coefficient (Wildman–Crippen LogP) is 3.35. The number of ether oxygens (including phenoxy) is 1. The molecular weight excluding hydrogens is 310 g/mol. The SMILES string of the molecule is COc1[nH]c(/C=C\c2ccco2)c(C(=O)O)c(=O)c1CC=C(C)C. The summed E-state index contributed by atoms with van der Waals surface area (Å²) in [6.07, 6.45) is 6.70. The van der Waals surface area contributed by atoms with Crippen molar-refractivity contribution in [3.05, 3.63) is 62.8 Å². The molecule has 0 aliphatic rings. The number of carboxylic acid groups (broad SMARTS) is 1. The second-order valence-corrected chi connectivity index (χ2v) is 5.39. The molecule has 0 saturated carbocycles. The van der Waals surface area contributed by atoms with Gasteiger partial charge in [0.15, 0.2) is 5.88 Å². The van der Waals surface area contributed by atoms with Gasteiger partial charge in [0.25, 0.3) is 0 Å². The van der Waals surface area contributed by atoms with Crippen LogP contribution in [0.1, 0.15) is 41.2 Å². The molecule has 2 aromatic heterocycles. The number of hydrogen-bond acceptors (Lipinski definition) is 4. The summed E-state index contributed by atoms with van der Waals surface area (Å²) in [5, 5.41) is 9.44. The lowest BCUT2D eigenvalue weighted by Crippen LogP contribution is -2.22. The zero-order valence-corrected chi connectivity index (χ0v) is 13.8. The minimum absolute atomic E-state index is 0.154. The first-order valence-electron chi connectivity index (χ1n) is 7.35. The molecule has 0 amide bonds. The minimum atomic E-state index is -1.29. The molecule has 0 unspecified atom stereocenters. The van der Waals surface area contributed by atoms with Gasteiger partial charge in [0.1, 0.15) is 11.3 Å². The number of rotatable bonds is 6. The lowest BCUT2D eigenvalue weighted by atomic mass is 10.0. The van der Waals surface area contributed by atoms with Crippen molar-refractivity contribution in [2.75, 3.05) is 7.11 Å². The third-order valence-electron chi connectivity index (χ3n) is 3.38. The molecule has 2 rings (SSSR count). The molecule has 0 atom stereocenters. The van der Waals surface area contributed by atoms with Crippen LogP contribution in [0, 0.1) is 0 Å². The third-order valence-corrected chi connectivity index (χ3v) is 3.38. The van der Waals surface area contributed by atoms with Gasteiger partial charge in [-0.3, -0.25) is 4.79 Å². The summed E-state index contributed by atoms with van der Waals surface area (Å²) in [5.41, 5.74) is 0.577. The summed E-state index contributed by atoms with van der Waals surface area (Å²) in [4.78, 5) is 27.1. The average molecular weight is 329 g/mol. The fourth-order valence-electron chi connectivity index (χ4n) is 2.19. The smallest absolute Gasteiger partial charge is 0.341 e. The quantitative estimate of drug-likeness (QED) is 0.793. The van der Waals surface area contributed by atoms with E-state index in [1.54, 1.807) is 18.2 Å². The fourth-order valence-corrected chi connectivity index (χ4v) is 2.19. The first-order chi connectivity index (χ1) is 11.4. The van der Waals surface area contributed by atoms with Gasteiger partial charge in [0, 0.05) is 0 Å². The van der Waals surface area contributed by atoms with Crippen molar-refractivity contribution in [2.24, 2.45) is 0 Å². The molecule has 0 spiro atoms. The molecule has 0 aliphatic heterocycles. The molecule has 0 bridgehead atoms. The highest BCUT2D eigenvalue weighted by Gasteiger charge is 2.20. The molecule has 126 valence electrons. The van der Waals surface area contributed by atoms with Crippen LogP contribution in [0.15, 0.2) is 39.3 Å². The van der Waals surface area contributed by atoms with E-state index in [9.17, 15) is 14.7 Å². The number of methoxy groups -OCH3 is 1. The standard InChI is InChI=1S/C18H19NO5/c1-11(2)6-8-13-16(20)15(18(21)22)14(19-17(13)23-3)9-7-12-5-4-10-24-12/h4-7,9-10H,8H2,1-3H3,(H,19,20)(H,21,22)/b9-7-. The molecule has 0 fully saturated rings. The number of carbonyl (C=O) groups is 1. The molecule has 0 saturated heterocycles. The zero-order valence-electron chi connectivity index (χ0n) is 13.8. The second kappa shape index (κ2) is 7.50. The van der Waals surface area contributed by atoms with Crippen LogP contribution in [0.5, 0.6) is 5.88 Å². The van der Waals surface area contributed by atoms with Gasteiger partial charge in [-0.25, -0.2) is 4.79 Å². The number of hydrogen-bond donors (Lipinski definition) is 2. The minimum Gasteiger partial charge on any atom is -0.482 e.